The maximum absolute atomic E-state index is 13.6. The van der Waals surface area contributed by atoms with Crippen LogP contribution in [0.25, 0.3) is 11.3 Å². The topological polar surface area (TPSA) is 91.2 Å². The summed E-state index contributed by atoms with van der Waals surface area (Å²) in [5, 5.41) is 3.38. The second kappa shape index (κ2) is 7.46. The Morgan fingerprint density at radius 3 is 2.60 bits per heavy atom. The van der Waals surface area contributed by atoms with Crippen molar-refractivity contribution in [3.63, 3.8) is 0 Å². The van der Waals surface area contributed by atoms with Crippen LogP contribution in [-0.2, 0) is 25.9 Å². The molecule has 4 N–H and O–H groups in total. The van der Waals surface area contributed by atoms with Crippen LogP contribution in [0.5, 0.6) is 0 Å². The number of H-pyrrole nitrogens is 1. The van der Waals surface area contributed by atoms with E-state index in [1.165, 1.54) is 16.7 Å². The standard InChI is InChI=1S/C24H24N4O2/c25-23(29)19-11-22(27-13-19)20-9-16-5-7-26-12-18(16)10-21(20)24(30)28-8-6-15-3-1-2-4-17(15)14-28/h1-4,9-11,13,26-27H,5-8,12,14H2,(H2,25,29). The minimum Gasteiger partial charge on any atom is -0.366 e. The molecule has 2 aliphatic heterocycles. The Morgan fingerprint density at radius 1 is 0.967 bits per heavy atom. The molecule has 0 radical (unpaired) electrons. The summed E-state index contributed by atoms with van der Waals surface area (Å²) < 4.78 is 0. The maximum Gasteiger partial charge on any atom is 0.254 e. The van der Waals surface area contributed by atoms with E-state index in [-0.39, 0.29) is 5.91 Å². The van der Waals surface area contributed by atoms with Crippen molar-refractivity contribution < 1.29 is 9.59 Å². The molecule has 0 atom stereocenters. The molecule has 2 amide bonds. The smallest absolute Gasteiger partial charge is 0.254 e. The van der Waals surface area contributed by atoms with Crippen molar-refractivity contribution in [1.82, 2.24) is 15.2 Å². The summed E-state index contributed by atoms with van der Waals surface area (Å²) in [6.07, 6.45) is 3.37. The van der Waals surface area contributed by atoms with E-state index in [0.717, 1.165) is 42.8 Å². The molecular weight excluding hydrogens is 376 g/mol. The van der Waals surface area contributed by atoms with Gasteiger partial charge in [-0.25, -0.2) is 0 Å². The van der Waals surface area contributed by atoms with E-state index in [1.807, 2.05) is 23.1 Å². The third-order valence-electron chi connectivity index (χ3n) is 6.13. The average molecular weight is 400 g/mol. The molecule has 3 heterocycles. The number of hydrogen-bond donors (Lipinski definition) is 3. The maximum atomic E-state index is 13.6. The highest BCUT2D eigenvalue weighted by molar-refractivity contribution is 6.02. The minimum atomic E-state index is -0.486. The Kier molecular flexibility index (Phi) is 4.64. The van der Waals surface area contributed by atoms with Crippen LogP contribution in [-0.4, -0.2) is 34.8 Å². The summed E-state index contributed by atoms with van der Waals surface area (Å²) in [4.78, 5) is 30.3. The highest BCUT2D eigenvalue weighted by Crippen LogP contribution is 2.31. The molecule has 5 rings (SSSR count). The first-order valence-electron chi connectivity index (χ1n) is 10.3. The predicted molar refractivity (Wildman–Crippen MR) is 115 cm³/mol. The van der Waals surface area contributed by atoms with Crippen LogP contribution in [0.15, 0.2) is 48.7 Å². The zero-order valence-electron chi connectivity index (χ0n) is 16.7. The molecule has 0 aliphatic carbocycles. The van der Waals surface area contributed by atoms with Gasteiger partial charge in [-0.3, -0.25) is 9.59 Å². The summed E-state index contributed by atoms with van der Waals surface area (Å²) in [7, 11) is 0. The molecule has 0 bridgehead atoms. The molecule has 3 aromatic rings. The second-order valence-corrected chi connectivity index (χ2v) is 8.00. The van der Waals surface area contributed by atoms with Crippen LogP contribution in [0.2, 0.25) is 0 Å². The third kappa shape index (κ3) is 3.29. The summed E-state index contributed by atoms with van der Waals surface area (Å²) in [6.45, 7) is 2.98. The van der Waals surface area contributed by atoms with Crippen molar-refractivity contribution >= 4 is 11.8 Å². The van der Waals surface area contributed by atoms with E-state index in [1.54, 1.807) is 12.3 Å². The quantitative estimate of drug-likeness (QED) is 0.631. The number of carbonyl (C=O) groups is 2. The van der Waals surface area contributed by atoms with Gasteiger partial charge in [0.05, 0.1) is 5.56 Å². The first-order valence-corrected chi connectivity index (χ1v) is 10.3. The number of hydrogen-bond acceptors (Lipinski definition) is 3. The summed E-state index contributed by atoms with van der Waals surface area (Å²) in [6, 6.07) is 14.1. The molecule has 0 unspecified atom stereocenters. The van der Waals surface area contributed by atoms with Gasteiger partial charge >= 0.3 is 0 Å². The van der Waals surface area contributed by atoms with Crippen molar-refractivity contribution in [2.75, 3.05) is 13.1 Å². The molecule has 0 spiro atoms. The van der Waals surface area contributed by atoms with Gasteiger partial charge in [-0.1, -0.05) is 24.3 Å². The molecule has 0 saturated heterocycles. The highest BCUT2D eigenvalue weighted by atomic mass is 16.2. The van der Waals surface area contributed by atoms with Crippen LogP contribution in [0.3, 0.4) is 0 Å². The monoisotopic (exact) mass is 400 g/mol. The molecule has 30 heavy (non-hydrogen) atoms. The average Bonchev–Trinajstić information content (AvgIpc) is 3.28. The Labute approximate surface area is 175 Å². The van der Waals surface area contributed by atoms with Crippen molar-refractivity contribution in [1.29, 1.82) is 0 Å². The number of carbonyl (C=O) groups excluding carboxylic acids is 2. The summed E-state index contributed by atoms with van der Waals surface area (Å²) in [5.41, 5.74) is 13.0. The fourth-order valence-corrected chi connectivity index (χ4v) is 4.46. The molecule has 1 aromatic heterocycles. The van der Waals surface area contributed by atoms with E-state index in [0.29, 0.717) is 24.2 Å². The van der Waals surface area contributed by atoms with Crippen LogP contribution < -0.4 is 11.1 Å². The van der Waals surface area contributed by atoms with Crippen LogP contribution in [0.4, 0.5) is 0 Å². The normalized spacial score (nSPS) is 15.4. The number of nitrogens with zero attached hydrogens (tertiary/aromatic N) is 1. The first-order chi connectivity index (χ1) is 14.6. The molecule has 0 fully saturated rings. The van der Waals surface area contributed by atoms with Crippen molar-refractivity contribution in [3.05, 3.63) is 82.0 Å². The number of benzene rings is 2. The summed E-state index contributed by atoms with van der Waals surface area (Å²) >= 11 is 0. The summed E-state index contributed by atoms with van der Waals surface area (Å²) in [5.74, 6) is -0.469. The lowest BCUT2D eigenvalue weighted by Crippen LogP contribution is -2.36. The minimum absolute atomic E-state index is 0.0168. The largest absolute Gasteiger partial charge is 0.366 e. The lowest BCUT2D eigenvalue weighted by atomic mass is 9.91. The number of fused-ring (bicyclic) bond motifs is 2. The van der Waals surface area contributed by atoms with E-state index in [2.05, 4.69) is 28.5 Å². The van der Waals surface area contributed by atoms with Gasteiger partial charge in [0.1, 0.15) is 0 Å². The third-order valence-corrected chi connectivity index (χ3v) is 6.13. The Morgan fingerprint density at radius 2 is 1.80 bits per heavy atom. The molecule has 6 heteroatoms. The van der Waals surface area contributed by atoms with Gasteiger partial charge in [-0.05, 0) is 59.8 Å². The number of aromatic amines is 1. The number of nitrogens with two attached hydrogens (primary N) is 1. The van der Waals surface area contributed by atoms with Gasteiger partial charge < -0.3 is 20.9 Å². The van der Waals surface area contributed by atoms with Crippen LogP contribution in [0.1, 0.15) is 43.0 Å². The first kappa shape index (κ1) is 18.6. The van der Waals surface area contributed by atoms with Crippen LogP contribution in [0, 0.1) is 0 Å². The highest BCUT2D eigenvalue weighted by Gasteiger charge is 2.26. The van der Waals surface area contributed by atoms with Gasteiger partial charge in [-0.2, -0.15) is 0 Å². The fraction of sp³-hybridized carbons (Fsp3) is 0.250. The SMILES string of the molecule is NC(=O)c1c[nH]c(-c2cc3c(cc2C(=O)N2CCc4ccccc4C2)CNCC3)c1. The van der Waals surface area contributed by atoms with E-state index in [4.69, 9.17) is 5.73 Å². The van der Waals surface area contributed by atoms with E-state index >= 15 is 0 Å². The predicted octanol–water partition coefficient (Wildman–Crippen LogP) is 2.62. The van der Waals surface area contributed by atoms with Crippen molar-refractivity contribution in [2.45, 2.75) is 25.9 Å². The molecule has 0 saturated carbocycles. The fourth-order valence-electron chi connectivity index (χ4n) is 4.46. The Balaban J connectivity index is 1.56. The Hall–Kier alpha value is -3.38. The number of aromatic nitrogens is 1. The number of nitrogens with one attached hydrogen (secondary N) is 2. The van der Waals surface area contributed by atoms with Gasteiger partial charge in [0, 0.05) is 42.7 Å². The van der Waals surface area contributed by atoms with Crippen molar-refractivity contribution in [2.24, 2.45) is 5.73 Å². The van der Waals surface area contributed by atoms with E-state index in [9.17, 15) is 9.59 Å². The van der Waals surface area contributed by atoms with Crippen LogP contribution >= 0.6 is 0 Å². The molecular formula is C24H24N4O2. The van der Waals surface area contributed by atoms with Gasteiger partial charge in [-0.15, -0.1) is 0 Å². The number of primary amides is 1. The van der Waals surface area contributed by atoms with E-state index < -0.39 is 5.91 Å². The number of rotatable bonds is 3. The molecule has 152 valence electrons. The van der Waals surface area contributed by atoms with Gasteiger partial charge in [0.2, 0.25) is 5.91 Å². The molecule has 6 nitrogen and oxygen atoms in total. The molecule has 2 aromatic carbocycles. The van der Waals surface area contributed by atoms with Crippen molar-refractivity contribution in [3.8, 4) is 11.3 Å². The zero-order valence-corrected chi connectivity index (χ0v) is 16.7. The zero-order chi connectivity index (χ0) is 20.7. The Bertz CT molecular complexity index is 1150. The van der Waals surface area contributed by atoms with Gasteiger partial charge in [0.15, 0.2) is 0 Å². The molecule has 2 aliphatic rings. The number of amides is 2. The second-order valence-electron chi connectivity index (χ2n) is 8.00. The lowest BCUT2D eigenvalue weighted by Gasteiger charge is -2.30. The lowest BCUT2D eigenvalue weighted by molar-refractivity contribution is 0.0735. The van der Waals surface area contributed by atoms with Gasteiger partial charge in [0.25, 0.3) is 5.91 Å².